The molecule has 0 bridgehead atoms. The number of esters is 2. The average molecular weight is 791 g/mol. The zero-order valence-corrected chi connectivity index (χ0v) is 38.2. The summed E-state index contributed by atoms with van der Waals surface area (Å²) in [4.78, 5) is 25.3. The van der Waals surface area contributed by atoms with Crippen molar-refractivity contribution in [3.05, 3.63) is 12.2 Å². The largest absolute Gasteiger partial charge is 0.462 e. The lowest BCUT2D eigenvalue weighted by Gasteiger charge is -2.18. The number of hydrogen-bond donors (Lipinski definition) is 0. The molecule has 0 aromatic heterocycles. The summed E-state index contributed by atoms with van der Waals surface area (Å²) >= 11 is 0. The predicted molar refractivity (Wildman–Crippen MR) is 242 cm³/mol. The molecule has 1 atom stereocenters. The number of unbranched alkanes of at least 4 members (excludes halogenated alkanes) is 34. The van der Waals surface area contributed by atoms with Gasteiger partial charge in [-0.1, -0.05) is 232 Å². The van der Waals surface area contributed by atoms with Crippen molar-refractivity contribution in [1.82, 2.24) is 0 Å². The van der Waals surface area contributed by atoms with Crippen molar-refractivity contribution in [2.24, 2.45) is 0 Å². The van der Waals surface area contributed by atoms with Crippen molar-refractivity contribution >= 4 is 11.9 Å². The van der Waals surface area contributed by atoms with Crippen molar-refractivity contribution < 1.29 is 23.8 Å². The van der Waals surface area contributed by atoms with Crippen LogP contribution in [0, 0.1) is 0 Å². The number of allylic oxidation sites excluding steroid dienone is 2. The van der Waals surface area contributed by atoms with Gasteiger partial charge in [0.15, 0.2) is 6.10 Å². The number of carbonyl (C=O) groups is 2. The summed E-state index contributed by atoms with van der Waals surface area (Å²) in [5, 5.41) is 0. The molecule has 0 aromatic carbocycles. The molecule has 0 fully saturated rings. The van der Waals surface area contributed by atoms with Crippen molar-refractivity contribution in [1.29, 1.82) is 0 Å². The van der Waals surface area contributed by atoms with Gasteiger partial charge in [-0.15, -0.1) is 0 Å². The van der Waals surface area contributed by atoms with Crippen LogP contribution >= 0.6 is 0 Å². The molecule has 0 rings (SSSR count). The molecule has 5 heteroatoms. The first kappa shape index (κ1) is 54.6. The number of carbonyl (C=O) groups excluding carboxylic acids is 2. The lowest BCUT2D eigenvalue weighted by atomic mass is 10.0. The lowest BCUT2D eigenvalue weighted by Crippen LogP contribution is -2.30. The minimum Gasteiger partial charge on any atom is -0.462 e. The second-order valence-electron chi connectivity index (χ2n) is 17.1. The van der Waals surface area contributed by atoms with Crippen molar-refractivity contribution in [3.63, 3.8) is 0 Å². The number of rotatable bonds is 47. The zero-order chi connectivity index (χ0) is 40.7. The van der Waals surface area contributed by atoms with Crippen molar-refractivity contribution in [2.75, 3.05) is 19.8 Å². The van der Waals surface area contributed by atoms with Crippen LogP contribution in [0.4, 0.5) is 0 Å². The highest BCUT2D eigenvalue weighted by atomic mass is 16.6. The molecule has 5 nitrogen and oxygen atoms in total. The van der Waals surface area contributed by atoms with E-state index in [1.807, 2.05) is 0 Å². The van der Waals surface area contributed by atoms with Crippen LogP contribution in [-0.4, -0.2) is 37.9 Å². The van der Waals surface area contributed by atoms with Crippen LogP contribution in [0.5, 0.6) is 0 Å². The third-order valence-electron chi connectivity index (χ3n) is 11.3. The highest BCUT2D eigenvalue weighted by Crippen LogP contribution is 2.16. The number of hydrogen-bond acceptors (Lipinski definition) is 5. The van der Waals surface area contributed by atoms with E-state index in [2.05, 4.69) is 32.9 Å². The van der Waals surface area contributed by atoms with E-state index in [4.69, 9.17) is 14.2 Å². The molecule has 0 radical (unpaired) electrons. The molecule has 0 heterocycles. The van der Waals surface area contributed by atoms with E-state index in [9.17, 15) is 9.59 Å². The van der Waals surface area contributed by atoms with Gasteiger partial charge in [-0.3, -0.25) is 9.59 Å². The fraction of sp³-hybridized carbons (Fsp3) is 0.922. The van der Waals surface area contributed by atoms with E-state index in [0.717, 1.165) is 44.9 Å². The third kappa shape index (κ3) is 45.3. The van der Waals surface area contributed by atoms with Crippen LogP contribution < -0.4 is 0 Å². The molecule has 0 amide bonds. The van der Waals surface area contributed by atoms with Crippen LogP contribution in [0.15, 0.2) is 12.2 Å². The normalized spacial score (nSPS) is 12.1. The molecule has 0 aromatic rings. The third-order valence-corrected chi connectivity index (χ3v) is 11.3. The van der Waals surface area contributed by atoms with Gasteiger partial charge in [-0.25, -0.2) is 0 Å². The van der Waals surface area contributed by atoms with E-state index < -0.39 is 6.10 Å². The summed E-state index contributed by atoms with van der Waals surface area (Å²) in [6, 6.07) is 0. The molecule has 332 valence electrons. The first-order valence-corrected chi connectivity index (χ1v) is 25.2. The summed E-state index contributed by atoms with van der Waals surface area (Å²) in [6.45, 7) is 7.86. The van der Waals surface area contributed by atoms with Crippen LogP contribution in [0.25, 0.3) is 0 Å². The molecular weight excluding hydrogens is 693 g/mol. The Bertz CT molecular complexity index is 810. The molecule has 56 heavy (non-hydrogen) atoms. The molecule has 0 N–H and O–H groups in total. The summed E-state index contributed by atoms with van der Waals surface area (Å²) < 4.78 is 17.4. The highest BCUT2D eigenvalue weighted by Gasteiger charge is 2.17. The second-order valence-corrected chi connectivity index (χ2v) is 17.1. The molecule has 0 aliphatic carbocycles. The van der Waals surface area contributed by atoms with Gasteiger partial charge in [0.25, 0.3) is 0 Å². The van der Waals surface area contributed by atoms with Crippen LogP contribution in [0.2, 0.25) is 0 Å². The number of ether oxygens (including phenoxy) is 3. The highest BCUT2D eigenvalue weighted by molar-refractivity contribution is 5.70. The minimum atomic E-state index is -0.528. The fourth-order valence-corrected chi connectivity index (χ4v) is 7.51. The summed E-state index contributed by atoms with van der Waals surface area (Å²) in [5.74, 6) is -0.389. The van der Waals surface area contributed by atoms with Crippen LogP contribution in [0.1, 0.15) is 278 Å². The average Bonchev–Trinajstić information content (AvgIpc) is 3.20. The quantitative estimate of drug-likeness (QED) is 0.0349. The first-order chi connectivity index (χ1) is 27.6. The van der Waals surface area contributed by atoms with E-state index in [1.165, 1.54) is 199 Å². The smallest absolute Gasteiger partial charge is 0.306 e. The fourth-order valence-electron chi connectivity index (χ4n) is 7.51. The summed E-state index contributed by atoms with van der Waals surface area (Å²) in [7, 11) is 0. The standard InChI is InChI=1S/C51H98O5/c1-4-7-10-13-16-19-22-24-25-26-28-31-34-37-40-43-46-54-47-49(56-51(53)45-42-39-36-33-29-21-18-15-12-9-6-3)48-55-50(52)44-41-38-35-32-30-27-23-20-17-14-11-8-5-2/h20,23,49H,4-19,21-22,24-48H2,1-3H3/b23-20-. The second kappa shape index (κ2) is 48.0. The van der Waals surface area contributed by atoms with Gasteiger partial charge in [-0.2, -0.15) is 0 Å². The Kier molecular flexibility index (Phi) is 46.8. The van der Waals surface area contributed by atoms with Gasteiger partial charge >= 0.3 is 11.9 Å². The molecule has 0 saturated carbocycles. The summed E-state index contributed by atoms with van der Waals surface area (Å²) in [5.41, 5.74) is 0. The maximum atomic E-state index is 12.7. The Morgan fingerprint density at radius 3 is 1.11 bits per heavy atom. The lowest BCUT2D eigenvalue weighted by molar-refractivity contribution is -0.163. The van der Waals surface area contributed by atoms with E-state index in [-0.39, 0.29) is 18.5 Å². The van der Waals surface area contributed by atoms with Gasteiger partial charge in [0.2, 0.25) is 0 Å². The monoisotopic (exact) mass is 791 g/mol. The molecule has 0 aliphatic heterocycles. The molecule has 0 spiro atoms. The first-order valence-electron chi connectivity index (χ1n) is 25.2. The zero-order valence-electron chi connectivity index (χ0n) is 38.2. The maximum Gasteiger partial charge on any atom is 0.306 e. The molecule has 1 unspecified atom stereocenters. The Morgan fingerprint density at radius 2 is 0.696 bits per heavy atom. The Balaban J connectivity index is 4.19. The maximum absolute atomic E-state index is 12.7. The van der Waals surface area contributed by atoms with E-state index in [0.29, 0.717) is 26.1 Å². The minimum absolute atomic E-state index is 0.0898. The Hall–Kier alpha value is -1.36. The topological polar surface area (TPSA) is 61.8 Å². The molecule has 0 aliphatic rings. The molecular formula is C51H98O5. The van der Waals surface area contributed by atoms with Crippen LogP contribution in [0.3, 0.4) is 0 Å². The molecule has 0 saturated heterocycles. The van der Waals surface area contributed by atoms with Gasteiger partial charge < -0.3 is 14.2 Å². The van der Waals surface area contributed by atoms with E-state index in [1.54, 1.807) is 0 Å². The van der Waals surface area contributed by atoms with Gasteiger partial charge in [0, 0.05) is 19.4 Å². The summed E-state index contributed by atoms with van der Waals surface area (Å²) in [6.07, 6.45) is 53.5. The SMILES string of the molecule is CCCCCC/C=C\CCCCCCCC(=O)OCC(COCCCCCCCCCCCCCCCCCC)OC(=O)CCCCCCCCCCCCC. The van der Waals surface area contributed by atoms with Gasteiger partial charge in [0.05, 0.1) is 6.61 Å². The Morgan fingerprint density at radius 1 is 0.375 bits per heavy atom. The van der Waals surface area contributed by atoms with Crippen LogP contribution in [-0.2, 0) is 23.8 Å². The predicted octanol–water partition coefficient (Wildman–Crippen LogP) is 16.7. The van der Waals surface area contributed by atoms with Crippen molar-refractivity contribution in [3.8, 4) is 0 Å². The van der Waals surface area contributed by atoms with Gasteiger partial charge in [-0.05, 0) is 44.9 Å². The van der Waals surface area contributed by atoms with E-state index >= 15 is 0 Å². The van der Waals surface area contributed by atoms with Gasteiger partial charge in [0.1, 0.15) is 6.61 Å². The van der Waals surface area contributed by atoms with Crippen molar-refractivity contribution in [2.45, 2.75) is 284 Å². The Labute approximate surface area is 350 Å².